The summed E-state index contributed by atoms with van der Waals surface area (Å²) in [5.74, 6) is 0.742. The summed E-state index contributed by atoms with van der Waals surface area (Å²) in [7, 11) is 0. The van der Waals surface area contributed by atoms with Crippen LogP contribution in [-0.4, -0.2) is 15.9 Å². The van der Waals surface area contributed by atoms with Crippen molar-refractivity contribution in [2.24, 2.45) is 0 Å². The smallest absolute Gasteiger partial charge is 0.253 e. The second-order valence-corrected chi connectivity index (χ2v) is 5.47. The van der Waals surface area contributed by atoms with E-state index in [1.54, 1.807) is 23.7 Å². The SMILES string of the molecule is CCC(NC(=O)c1csc2ccccc12)c1ncc[nH]1. The van der Waals surface area contributed by atoms with Gasteiger partial charge in [-0.3, -0.25) is 4.79 Å². The predicted octanol–water partition coefficient (Wildman–Crippen LogP) is 3.51. The molecule has 20 heavy (non-hydrogen) atoms. The molecule has 4 nitrogen and oxygen atoms in total. The van der Waals surface area contributed by atoms with Crippen molar-refractivity contribution in [3.8, 4) is 0 Å². The van der Waals surface area contributed by atoms with Gasteiger partial charge in [0, 0.05) is 27.9 Å². The Bertz CT molecular complexity index is 718. The quantitative estimate of drug-likeness (QED) is 0.770. The lowest BCUT2D eigenvalue weighted by Gasteiger charge is -2.14. The van der Waals surface area contributed by atoms with Gasteiger partial charge in [0.1, 0.15) is 5.82 Å². The van der Waals surface area contributed by atoms with Crippen molar-refractivity contribution in [1.82, 2.24) is 15.3 Å². The van der Waals surface area contributed by atoms with E-state index in [-0.39, 0.29) is 11.9 Å². The fraction of sp³-hybridized carbons (Fsp3) is 0.200. The molecule has 0 radical (unpaired) electrons. The van der Waals surface area contributed by atoms with Crippen LogP contribution < -0.4 is 5.32 Å². The Hall–Kier alpha value is -2.14. The number of thiophene rings is 1. The Morgan fingerprint density at radius 3 is 3.05 bits per heavy atom. The maximum absolute atomic E-state index is 12.4. The molecule has 1 unspecified atom stereocenters. The minimum absolute atomic E-state index is 0.0503. The summed E-state index contributed by atoms with van der Waals surface area (Å²) in [6.45, 7) is 2.03. The number of aromatic nitrogens is 2. The average molecular weight is 285 g/mol. The summed E-state index contributed by atoms with van der Waals surface area (Å²) < 4.78 is 1.13. The zero-order valence-electron chi connectivity index (χ0n) is 11.1. The number of hydrogen-bond donors (Lipinski definition) is 2. The lowest BCUT2D eigenvalue weighted by atomic mass is 10.1. The Morgan fingerprint density at radius 1 is 1.45 bits per heavy atom. The molecule has 0 aliphatic carbocycles. The number of carbonyl (C=O) groups excluding carboxylic acids is 1. The number of carbonyl (C=O) groups is 1. The van der Waals surface area contributed by atoms with Crippen molar-refractivity contribution in [3.63, 3.8) is 0 Å². The van der Waals surface area contributed by atoms with Gasteiger partial charge in [0.15, 0.2) is 0 Å². The standard InChI is InChI=1S/C15H15N3OS/c1-2-12(14-16-7-8-17-14)18-15(19)11-9-20-13-6-4-3-5-10(11)13/h3-9,12H,2H2,1H3,(H,16,17)(H,18,19). The van der Waals surface area contributed by atoms with E-state index in [0.29, 0.717) is 0 Å². The number of H-pyrrole nitrogens is 1. The highest BCUT2D eigenvalue weighted by Gasteiger charge is 2.18. The van der Waals surface area contributed by atoms with Gasteiger partial charge in [-0.15, -0.1) is 11.3 Å². The molecule has 1 amide bonds. The van der Waals surface area contributed by atoms with E-state index in [4.69, 9.17) is 0 Å². The number of nitrogens with zero attached hydrogens (tertiary/aromatic N) is 1. The zero-order chi connectivity index (χ0) is 13.9. The number of nitrogens with one attached hydrogen (secondary N) is 2. The van der Waals surface area contributed by atoms with Crippen LogP contribution in [-0.2, 0) is 0 Å². The lowest BCUT2D eigenvalue weighted by molar-refractivity contribution is 0.0936. The molecule has 3 rings (SSSR count). The summed E-state index contributed by atoms with van der Waals surface area (Å²) >= 11 is 1.59. The van der Waals surface area contributed by atoms with Gasteiger partial charge in [-0.2, -0.15) is 0 Å². The number of amides is 1. The number of rotatable bonds is 4. The maximum atomic E-state index is 12.4. The Balaban J connectivity index is 1.85. The zero-order valence-corrected chi connectivity index (χ0v) is 11.9. The molecule has 0 fully saturated rings. The minimum Gasteiger partial charge on any atom is -0.347 e. The van der Waals surface area contributed by atoms with Crippen LogP contribution in [0.15, 0.2) is 42.0 Å². The summed E-state index contributed by atoms with van der Waals surface area (Å²) in [5.41, 5.74) is 0.732. The van der Waals surface area contributed by atoms with Crippen LogP contribution in [0.2, 0.25) is 0 Å². The molecule has 5 heteroatoms. The molecule has 0 saturated heterocycles. The van der Waals surface area contributed by atoms with Gasteiger partial charge in [0.05, 0.1) is 11.6 Å². The van der Waals surface area contributed by atoms with Crippen molar-refractivity contribution >= 4 is 27.3 Å². The van der Waals surface area contributed by atoms with Gasteiger partial charge in [0.2, 0.25) is 0 Å². The summed E-state index contributed by atoms with van der Waals surface area (Å²) in [5, 5.41) is 5.95. The van der Waals surface area contributed by atoms with E-state index in [2.05, 4.69) is 15.3 Å². The number of fused-ring (bicyclic) bond motifs is 1. The van der Waals surface area contributed by atoms with Crippen LogP contribution in [0.25, 0.3) is 10.1 Å². The molecule has 3 aromatic rings. The van der Waals surface area contributed by atoms with Gasteiger partial charge in [0.25, 0.3) is 5.91 Å². The Kier molecular flexibility index (Phi) is 3.52. The van der Waals surface area contributed by atoms with Crippen molar-refractivity contribution in [2.45, 2.75) is 19.4 Å². The van der Waals surface area contributed by atoms with Crippen molar-refractivity contribution in [1.29, 1.82) is 0 Å². The van der Waals surface area contributed by atoms with Gasteiger partial charge >= 0.3 is 0 Å². The van der Waals surface area contributed by atoms with Crippen LogP contribution >= 0.6 is 11.3 Å². The van der Waals surface area contributed by atoms with E-state index in [1.165, 1.54) is 0 Å². The average Bonchev–Trinajstić information content (AvgIpc) is 3.13. The van der Waals surface area contributed by atoms with Gasteiger partial charge in [-0.05, 0) is 12.5 Å². The number of aromatic amines is 1. The second-order valence-electron chi connectivity index (χ2n) is 4.55. The van der Waals surface area contributed by atoms with Crippen LogP contribution in [0.5, 0.6) is 0 Å². The molecule has 2 aromatic heterocycles. The molecule has 102 valence electrons. The van der Waals surface area contributed by atoms with E-state index in [1.807, 2.05) is 36.6 Å². The molecule has 0 aliphatic heterocycles. The molecule has 2 N–H and O–H groups in total. The fourth-order valence-corrected chi connectivity index (χ4v) is 3.16. The van der Waals surface area contributed by atoms with Gasteiger partial charge < -0.3 is 10.3 Å². The van der Waals surface area contributed by atoms with Gasteiger partial charge in [-0.1, -0.05) is 25.1 Å². The number of benzene rings is 1. The number of hydrogen-bond acceptors (Lipinski definition) is 3. The normalized spacial score (nSPS) is 12.4. The molecule has 0 saturated carbocycles. The minimum atomic E-state index is -0.0869. The summed E-state index contributed by atoms with van der Waals surface area (Å²) in [4.78, 5) is 19.7. The van der Waals surface area contributed by atoms with Crippen LogP contribution in [0.3, 0.4) is 0 Å². The van der Waals surface area contributed by atoms with E-state index < -0.39 is 0 Å². The van der Waals surface area contributed by atoms with Crippen molar-refractivity contribution in [2.75, 3.05) is 0 Å². The molecule has 0 bridgehead atoms. The third-order valence-corrected chi connectivity index (χ3v) is 4.25. The van der Waals surface area contributed by atoms with Crippen molar-refractivity contribution < 1.29 is 4.79 Å². The first-order chi connectivity index (χ1) is 9.79. The van der Waals surface area contributed by atoms with Crippen LogP contribution in [0.1, 0.15) is 35.6 Å². The molecule has 1 atom stereocenters. The lowest BCUT2D eigenvalue weighted by Crippen LogP contribution is -2.28. The Labute approximate surface area is 120 Å². The van der Waals surface area contributed by atoms with E-state index >= 15 is 0 Å². The van der Waals surface area contributed by atoms with Crippen LogP contribution in [0, 0.1) is 0 Å². The molecule has 0 aliphatic rings. The topological polar surface area (TPSA) is 57.8 Å². The van der Waals surface area contributed by atoms with E-state index in [9.17, 15) is 4.79 Å². The largest absolute Gasteiger partial charge is 0.347 e. The molecular formula is C15H15N3OS. The molecular weight excluding hydrogens is 270 g/mol. The Morgan fingerprint density at radius 2 is 2.30 bits per heavy atom. The molecule has 0 spiro atoms. The van der Waals surface area contributed by atoms with Crippen LogP contribution in [0.4, 0.5) is 0 Å². The fourth-order valence-electron chi connectivity index (χ4n) is 2.22. The highest BCUT2D eigenvalue weighted by molar-refractivity contribution is 7.17. The van der Waals surface area contributed by atoms with Crippen molar-refractivity contribution in [3.05, 3.63) is 53.4 Å². The predicted molar refractivity (Wildman–Crippen MR) is 80.9 cm³/mol. The molecule has 1 aromatic carbocycles. The second kappa shape index (κ2) is 5.46. The highest BCUT2D eigenvalue weighted by Crippen LogP contribution is 2.26. The first kappa shape index (κ1) is 12.9. The molecule has 2 heterocycles. The summed E-state index contributed by atoms with van der Waals surface area (Å²) in [6, 6.07) is 7.86. The first-order valence-corrected chi connectivity index (χ1v) is 7.44. The monoisotopic (exact) mass is 285 g/mol. The third kappa shape index (κ3) is 2.32. The third-order valence-electron chi connectivity index (χ3n) is 3.29. The first-order valence-electron chi connectivity index (χ1n) is 6.56. The number of imidazole rings is 1. The van der Waals surface area contributed by atoms with Gasteiger partial charge in [-0.25, -0.2) is 4.98 Å². The maximum Gasteiger partial charge on any atom is 0.253 e. The van der Waals surface area contributed by atoms with E-state index in [0.717, 1.165) is 27.9 Å². The summed E-state index contributed by atoms with van der Waals surface area (Å²) in [6.07, 6.45) is 4.26. The highest BCUT2D eigenvalue weighted by atomic mass is 32.1.